The lowest BCUT2D eigenvalue weighted by Crippen LogP contribution is -2.37. The largest absolute Gasteiger partial charge is 0.345 e. The van der Waals surface area contributed by atoms with Crippen molar-refractivity contribution in [1.82, 2.24) is 19.5 Å². The Balaban J connectivity index is 1.50. The van der Waals surface area contributed by atoms with Crippen LogP contribution in [-0.2, 0) is 4.79 Å². The minimum Gasteiger partial charge on any atom is -0.345 e. The van der Waals surface area contributed by atoms with Gasteiger partial charge in [-0.15, -0.1) is 5.10 Å². The summed E-state index contributed by atoms with van der Waals surface area (Å²) in [5.74, 6) is 0.282. The number of amides is 1. The molecule has 3 aromatic rings. The molecule has 0 radical (unpaired) electrons. The maximum Gasteiger partial charge on any atom is 0.225 e. The third-order valence-corrected chi connectivity index (χ3v) is 5.98. The fourth-order valence-electron chi connectivity index (χ4n) is 3.27. The zero-order chi connectivity index (χ0) is 19.0. The lowest BCUT2D eigenvalue weighted by molar-refractivity contribution is -0.134. The van der Waals surface area contributed by atoms with Crippen LogP contribution in [0.25, 0.3) is 16.2 Å². The molecule has 0 saturated carbocycles. The van der Waals surface area contributed by atoms with Crippen molar-refractivity contribution in [1.29, 1.82) is 0 Å². The van der Waals surface area contributed by atoms with Crippen LogP contribution in [0.4, 0.5) is 5.13 Å². The van der Waals surface area contributed by atoms with E-state index in [-0.39, 0.29) is 11.8 Å². The van der Waals surface area contributed by atoms with Gasteiger partial charge in [-0.05, 0) is 18.6 Å². The van der Waals surface area contributed by atoms with Gasteiger partial charge in [-0.2, -0.15) is 0 Å². The standard InChI is InChI=1S/C19H22ClN5OS/c1-13(2)17(26)23-8-3-9-24(11-10-23)19-22-25-12-16(21-18(25)27-19)14-4-6-15(20)7-5-14/h4-7,12-13H,3,8-11H2,1-2H3. The number of imidazole rings is 1. The average molecular weight is 404 g/mol. The molecule has 2 aromatic heterocycles. The number of nitrogens with zero attached hydrogens (tertiary/aromatic N) is 5. The molecule has 0 atom stereocenters. The summed E-state index contributed by atoms with van der Waals surface area (Å²) in [7, 11) is 0. The first-order chi connectivity index (χ1) is 13.0. The van der Waals surface area contributed by atoms with E-state index < -0.39 is 0 Å². The molecule has 0 N–H and O–H groups in total. The molecular weight excluding hydrogens is 382 g/mol. The Morgan fingerprint density at radius 2 is 1.93 bits per heavy atom. The van der Waals surface area contributed by atoms with Crippen molar-refractivity contribution in [3.8, 4) is 11.3 Å². The molecule has 0 spiro atoms. The van der Waals surface area contributed by atoms with E-state index in [4.69, 9.17) is 21.7 Å². The molecule has 1 saturated heterocycles. The van der Waals surface area contributed by atoms with Gasteiger partial charge in [0.2, 0.25) is 16.0 Å². The summed E-state index contributed by atoms with van der Waals surface area (Å²) in [4.78, 5) is 22.1. The van der Waals surface area contributed by atoms with Crippen LogP contribution in [0.1, 0.15) is 20.3 Å². The molecule has 6 nitrogen and oxygen atoms in total. The van der Waals surface area contributed by atoms with Crippen LogP contribution in [0.5, 0.6) is 0 Å². The van der Waals surface area contributed by atoms with E-state index >= 15 is 0 Å². The lowest BCUT2D eigenvalue weighted by Gasteiger charge is -2.23. The maximum absolute atomic E-state index is 12.3. The quantitative estimate of drug-likeness (QED) is 0.667. The van der Waals surface area contributed by atoms with Crippen LogP contribution < -0.4 is 4.90 Å². The van der Waals surface area contributed by atoms with Gasteiger partial charge in [0.1, 0.15) is 0 Å². The van der Waals surface area contributed by atoms with Crippen molar-refractivity contribution in [2.24, 2.45) is 5.92 Å². The van der Waals surface area contributed by atoms with E-state index in [9.17, 15) is 4.79 Å². The van der Waals surface area contributed by atoms with Gasteiger partial charge in [0, 0.05) is 42.7 Å². The van der Waals surface area contributed by atoms with Crippen LogP contribution >= 0.6 is 22.9 Å². The number of aromatic nitrogens is 3. The molecule has 0 aliphatic carbocycles. The first kappa shape index (κ1) is 18.3. The average Bonchev–Trinajstić information content (AvgIpc) is 3.12. The molecule has 3 heterocycles. The van der Waals surface area contributed by atoms with Crippen LogP contribution in [0.3, 0.4) is 0 Å². The highest BCUT2D eigenvalue weighted by Gasteiger charge is 2.23. The molecule has 142 valence electrons. The van der Waals surface area contributed by atoms with Crippen LogP contribution in [-0.4, -0.2) is 51.6 Å². The molecule has 1 fully saturated rings. The van der Waals surface area contributed by atoms with Gasteiger partial charge < -0.3 is 9.80 Å². The molecule has 8 heteroatoms. The Labute approximate surface area is 167 Å². The number of carbonyl (C=O) groups is 1. The fraction of sp³-hybridized carbons (Fsp3) is 0.421. The van der Waals surface area contributed by atoms with Gasteiger partial charge in [0.15, 0.2) is 0 Å². The van der Waals surface area contributed by atoms with Gasteiger partial charge in [-0.3, -0.25) is 4.79 Å². The number of hydrogen-bond acceptors (Lipinski definition) is 5. The lowest BCUT2D eigenvalue weighted by atomic mass is 10.2. The number of benzene rings is 1. The summed E-state index contributed by atoms with van der Waals surface area (Å²) < 4.78 is 1.84. The molecule has 0 bridgehead atoms. The summed E-state index contributed by atoms with van der Waals surface area (Å²) in [5.41, 5.74) is 1.91. The molecule has 0 unspecified atom stereocenters. The Morgan fingerprint density at radius 3 is 2.63 bits per heavy atom. The Kier molecular flexibility index (Phi) is 5.06. The predicted octanol–water partition coefficient (Wildman–Crippen LogP) is 3.81. The second-order valence-corrected chi connectivity index (χ2v) is 8.44. The highest BCUT2D eigenvalue weighted by molar-refractivity contribution is 7.20. The number of rotatable bonds is 3. The Morgan fingerprint density at radius 1 is 1.15 bits per heavy atom. The van der Waals surface area contributed by atoms with Gasteiger partial charge in [0.05, 0.1) is 11.9 Å². The van der Waals surface area contributed by atoms with Gasteiger partial charge in [-0.25, -0.2) is 9.50 Å². The van der Waals surface area contributed by atoms with E-state index in [2.05, 4.69) is 4.90 Å². The molecule has 1 aliphatic rings. The van der Waals surface area contributed by atoms with Gasteiger partial charge in [0.25, 0.3) is 0 Å². The summed E-state index contributed by atoms with van der Waals surface area (Å²) in [5, 5.41) is 6.39. The number of fused-ring (bicyclic) bond motifs is 1. The normalized spacial score (nSPS) is 15.6. The minimum atomic E-state index is 0.0472. The highest BCUT2D eigenvalue weighted by atomic mass is 35.5. The van der Waals surface area contributed by atoms with Crippen molar-refractivity contribution in [3.63, 3.8) is 0 Å². The molecule has 1 aromatic carbocycles. The van der Waals surface area contributed by atoms with E-state index in [1.807, 2.05) is 53.7 Å². The molecular formula is C19H22ClN5OS. The first-order valence-electron chi connectivity index (χ1n) is 9.17. The Bertz CT molecular complexity index is 917. The number of carbonyl (C=O) groups excluding carboxylic acids is 1. The van der Waals surface area contributed by atoms with Gasteiger partial charge in [-0.1, -0.05) is 48.9 Å². The summed E-state index contributed by atoms with van der Waals surface area (Å²) >= 11 is 7.54. The minimum absolute atomic E-state index is 0.0472. The highest BCUT2D eigenvalue weighted by Crippen LogP contribution is 2.28. The number of anilines is 1. The monoisotopic (exact) mass is 403 g/mol. The predicted molar refractivity (Wildman–Crippen MR) is 110 cm³/mol. The van der Waals surface area contributed by atoms with Crippen LogP contribution in [0.15, 0.2) is 30.5 Å². The zero-order valence-electron chi connectivity index (χ0n) is 15.4. The fourth-order valence-corrected chi connectivity index (χ4v) is 4.33. The topological polar surface area (TPSA) is 53.7 Å². The van der Waals surface area contributed by atoms with Crippen LogP contribution in [0.2, 0.25) is 5.02 Å². The van der Waals surface area contributed by atoms with Crippen molar-refractivity contribution >= 4 is 38.9 Å². The summed E-state index contributed by atoms with van der Waals surface area (Å²) in [6, 6.07) is 7.66. The van der Waals surface area contributed by atoms with E-state index in [1.54, 1.807) is 11.3 Å². The van der Waals surface area contributed by atoms with Crippen molar-refractivity contribution in [3.05, 3.63) is 35.5 Å². The van der Waals surface area contributed by atoms with Crippen molar-refractivity contribution < 1.29 is 4.79 Å². The summed E-state index contributed by atoms with van der Waals surface area (Å²) in [6.45, 7) is 7.19. The molecule has 27 heavy (non-hydrogen) atoms. The first-order valence-corrected chi connectivity index (χ1v) is 10.4. The third-order valence-electron chi connectivity index (χ3n) is 4.74. The van der Waals surface area contributed by atoms with Crippen molar-refractivity contribution in [2.75, 3.05) is 31.1 Å². The molecule has 1 aliphatic heterocycles. The van der Waals surface area contributed by atoms with E-state index in [1.165, 1.54) is 0 Å². The number of halogens is 1. The maximum atomic E-state index is 12.3. The zero-order valence-corrected chi connectivity index (χ0v) is 17.0. The third kappa shape index (κ3) is 3.80. The second-order valence-electron chi connectivity index (χ2n) is 7.07. The smallest absolute Gasteiger partial charge is 0.225 e. The SMILES string of the molecule is CC(C)C(=O)N1CCCN(c2nn3cc(-c4ccc(Cl)cc4)nc3s2)CC1. The second kappa shape index (κ2) is 7.48. The molecule has 4 rings (SSSR count). The number of hydrogen-bond donors (Lipinski definition) is 0. The van der Waals surface area contributed by atoms with E-state index in [0.717, 1.165) is 53.9 Å². The van der Waals surface area contributed by atoms with E-state index in [0.29, 0.717) is 5.02 Å². The van der Waals surface area contributed by atoms with Crippen molar-refractivity contribution in [2.45, 2.75) is 20.3 Å². The van der Waals surface area contributed by atoms with Crippen LogP contribution in [0, 0.1) is 5.92 Å². The molecule has 1 amide bonds. The van der Waals surface area contributed by atoms with Gasteiger partial charge >= 0.3 is 0 Å². The Hall–Kier alpha value is -2.12. The summed E-state index contributed by atoms with van der Waals surface area (Å²) in [6.07, 6.45) is 2.90.